The quantitative estimate of drug-likeness (QED) is 0.613. The van der Waals surface area contributed by atoms with Gasteiger partial charge in [0.1, 0.15) is 5.69 Å². The van der Waals surface area contributed by atoms with Crippen molar-refractivity contribution in [3.05, 3.63) is 74.3 Å². The summed E-state index contributed by atoms with van der Waals surface area (Å²) in [6.07, 6.45) is 0. The van der Waals surface area contributed by atoms with E-state index in [9.17, 15) is 20.2 Å². The van der Waals surface area contributed by atoms with Crippen molar-refractivity contribution < 1.29 is 9.85 Å². The average molecular weight is 342 g/mol. The first-order valence-corrected chi connectivity index (χ1v) is 7.98. The third-order valence-corrected chi connectivity index (χ3v) is 4.33. The summed E-state index contributed by atoms with van der Waals surface area (Å²) in [5.74, 6) is 0. The standard InChI is InChI=1S/C17H18N4O4/c22-20(23)15-6-7-16(21(24)25)17(12-15)19-10-8-18(9-11-19)13-14-4-2-1-3-5-14/h1-7,12H,8-11,13H2. The van der Waals surface area contributed by atoms with Crippen LogP contribution in [0.25, 0.3) is 0 Å². The Labute approximate surface area is 144 Å². The minimum atomic E-state index is -0.529. The van der Waals surface area contributed by atoms with Crippen molar-refractivity contribution in [1.29, 1.82) is 0 Å². The lowest BCUT2D eigenvalue weighted by molar-refractivity contribution is -0.388. The fraction of sp³-hybridized carbons (Fsp3) is 0.294. The Kier molecular flexibility index (Phi) is 4.90. The topological polar surface area (TPSA) is 92.8 Å². The van der Waals surface area contributed by atoms with Gasteiger partial charge in [0.05, 0.1) is 9.85 Å². The summed E-state index contributed by atoms with van der Waals surface area (Å²) in [6, 6.07) is 13.8. The van der Waals surface area contributed by atoms with Gasteiger partial charge in [0.25, 0.3) is 11.4 Å². The molecule has 0 radical (unpaired) electrons. The summed E-state index contributed by atoms with van der Waals surface area (Å²) >= 11 is 0. The second kappa shape index (κ2) is 7.27. The van der Waals surface area contributed by atoms with Crippen LogP contribution in [0.5, 0.6) is 0 Å². The van der Waals surface area contributed by atoms with Gasteiger partial charge in [-0.25, -0.2) is 0 Å². The van der Waals surface area contributed by atoms with E-state index in [2.05, 4.69) is 17.0 Å². The van der Waals surface area contributed by atoms with Gasteiger partial charge >= 0.3 is 0 Å². The van der Waals surface area contributed by atoms with Gasteiger partial charge in [0.15, 0.2) is 0 Å². The predicted molar refractivity (Wildman–Crippen MR) is 93.7 cm³/mol. The molecule has 0 spiro atoms. The molecule has 0 N–H and O–H groups in total. The van der Waals surface area contributed by atoms with E-state index in [1.165, 1.54) is 23.8 Å². The molecular weight excluding hydrogens is 324 g/mol. The van der Waals surface area contributed by atoms with Crippen LogP contribution in [0.15, 0.2) is 48.5 Å². The van der Waals surface area contributed by atoms with E-state index in [1.54, 1.807) is 0 Å². The molecule has 0 aliphatic carbocycles. The third-order valence-electron chi connectivity index (χ3n) is 4.33. The van der Waals surface area contributed by atoms with E-state index in [4.69, 9.17) is 0 Å². The maximum atomic E-state index is 11.2. The first-order valence-electron chi connectivity index (χ1n) is 7.98. The number of nitro groups is 2. The minimum Gasteiger partial charge on any atom is -0.363 e. The van der Waals surface area contributed by atoms with E-state index in [1.807, 2.05) is 23.1 Å². The molecule has 0 unspecified atom stereocenters. The highest BCUT2D eigenvalue weighted by Gasteiger charge is 2.26. The average Bonchev–Trinajstić information content (AvgIpc) is 2.62. The maximum absolute atomic E-state index is 11.2. The lowest BCUT2D eigenvalue weighted by atomic mass is 10.1. The van der Waals surface area contributed by atoms with Gasteiger partial charge in [-0.1, -0.05) is 30.3 Å². The summed E-state index contributed by atoms with van der Waals surface area (Å²) in [5.41, 5.74) is 1.31. The molecule has 0 saturated carbocycles. The second-order valence-electron chi connectivity index (χ2n) is 5.94. The number of benzene rings is 2. The number of hydrogen-bond acceptors (Lipinski definition) is 6. The fourth-order valence-electron chi connectivity index (χ4n) is 3.02. The normalized spacial score (nSPS) is 15.1. The van der Waals surface area contributed by atoms with E-state index in [-0.39, 0.29) is 11.4 Å². The van der Waals surface area contributed by atoms with Gasteiger partial charge in [0, 0.05) is 50.9 Å². The van der Waals surface area contributed by atoms with Gasteiger partial charge in [0.2, 0.25) is 0 Å². The van der Waals surface area contributed by atoms with Crippen molar-refractivity contribution in [2.75, 3.05) is 31.1 Å². The first-order chi connectivity index (χ1) is 12.0. The molecule has 1 heterocycles. The van der Waals surface area contributed by atoms with E-state index < -0.39 is 9.85 Å². The SMILES string of the molecule is O=[N+]([O-])c1ccc([N+](=O)[O-])c(N2CCN(Cc3ccccc3)CC2)c1. The predicted octanol–water partition coefficient (Wildman–Crippen LogP) is 2.83. The van der Waals surface area contributed by atoms with Crippen molar-refractivity contribution in [2.45, 2.75) is 6.54 Å². The van der Waals surface area contributed by atoms with Crippen molar-refractivity contribution in [3.8, 4) is 0 Å². The zero-order chi connectivity index (χ0) is 17.8. The molecule has 0 atom stereocenters. The summed E-state index contributed by atoms with van der Waals surface area (Å²) in [5, 5.41) is 22.2. The van der Waals surface area contributed by atoms with Crippen LogP contribution in [-0.2, 0) is 6.54 Å². The number of rotatable bonds is 5. The number of non-ortho nitro benzene ring substituents is 1. The largest absolute Gasteiger partial charge is 0.363 e. The minimum absolute atomic E-state index is 0.0953. The Morgan fingerprint density at radius 1 is 0.880 bits per heavy atom. The molecule has 8 heteroatoms. The number of anilines is 1. The zero-order valence-corrected chi connectivity index (χ0v) is 13.6. The van der Waals surface area contributed by atoms with Crippen LogP contribution in [-0.4, -0.2) is 40.9 Å². The first kappa shape index (κ1) is 16.8. The second-order valence-corrected chi connectivity index (χ2v) is 5.94. The van der Waals surface area contributed by atoms with E-state index in [0.29, 0.717) is 18.8 Å². The molecule has 2 aromatic rings. The van der Waals surface area contributed by atoms with Crippen LogP contribution in [0.2, 0.25) is 0 Å². The lowest BCUT2D eigenvalue weighted by Gasteiger charge is -2.35. The van der Waals surface area contributed by atoms with E-state index >= 15 is 0 Å². The monoisotopic (exact) mass is 342 g/mol. The number of nitrogens with zero attached hydrogens (tertiary/aromatic N) is 4. The molecule has 25 heavy (non-hydrogen) atoms. The Morgan fingerprint density at radius 3 is 2.16 bits per heavy atom. The van der Waals surface area contributed by atoms with Gasteiger partial charge in [-0.3, -0.25) is 25.1 Å². The summed E-state index contributed by atoms with van der Waals surface area (Å²) in [7, 11) is 0. The van der Waals surface area contributed by atoms with Crippen molar-refractivity contribution in [2.24, 2.45) is 0 Å². The van der Waals surface area contributed by atoms with Gasteiger partial charge in [-0.15, -0.1) is 0 Å². The summed E-state index contributed by atoms with van der Waals surface area (Å²) in [4.78, 5) is 25.3. The summed E-state index contributed by atoms with van der Waals surface area (Å²) in [6.45, 7) is 3.50. The molecular formula is C17H18N4O4. The summed E-state index contributed by atoms with van der Waals surface area (Å²) < 4.78 is 0. The van der Waals surface area contributed by atoms with Gasteiger partial charge in [-0.05, 0) is 5.56 Å². The maximum Gasteiger partial charge on any atom is 0.293 e. The molecule has 130 valence electrons. The molecule has 8 nitrogen and oxygen atoms in total. The Morgan fingerprint density at radius 2 is 1.56 bits per heavy atom. The van der Waals surface area contributed by atoms with E-state index in [0.717, 1.165) is 19.6 Å². The van der Waals surface area contributed by atoms with Gasteiger partial charge < -0.3 is 4.90 Å². The fourth-order valence-corrected chi connectivity index (χ4v) is 3.02. The molecule has 1 fully saturated rings. The zero-order valence-electron chi connectivity index (χ0n) is 13.6. The molecule has 1 saturated heterocycles. The number of piperazine rings is 1. The molecule has 1 aliphatic heterocycles. The lowest BCUT2D eigenvalue weighted by Crippen LogP contribution is -2.46. The highest BCUT2D eigenvalue weighted by Crippen LogP contribution is 2.32. The molecule has 0 bridgehead atoms. The molecule has 2 aromatic carbocycles. The smallest absolute Gasteiger partial charge is 0.293 e. The number of nitro benzene ring substituents is 2. The van der Waals surface area contributed by atoms with Crippen LogP contribution < -0.4 is 4.90 Å². The Bertz CT molecular complexity index is 773. The van der Waals surface area contributed by atoms with Crippen LogP contribution >= 0.6 is 0 Å². The third kappa shape index (κ3) is 3.92. The molecule has 3 rings (SSSR count). The highest BCUT2D eigenvalue weighted by molar-refractivity contribution is 5.67. The van der Waals surface area contributed by atoms with Crippen molar-refractivity contribution in [3.63, 3.8) is 0 Å². The van der Waals surface area contributed by atoms with Crippen molar-refractivity contribution in [1.82, 2.24) is 4.90 Å². The highest BCUT2D eigenvalue weighted by atomic mass is 16.6. The van der Waals surface area contributed by atoms with Crippen LogP contribution in [0.1, 0.15) is 5.56 Å². The van der Waals surface area contributed by atoms with Gasteiger partial charge in [-0.2, -0.15) is 0 Å². The van der Waals surface area contributed by atoms with Crippen LogP contribution in [0, 0.1) is 20.2 Å². The van der Waals surface area contributed by atoms with Crippen LogP contribution in [0.4, 0.5) is 17.1 Å². The molecule has 0 aromatic heterocycles. The Balaban J connectivity index is 1.72. The Hall–Kier alpha value is -3.00. The molecule has 0 amide bonds. The van der Waals surface area contributed by atoms with Crippen LogP contribution in [0.3, 0.4) is 0 Å². The number of hydrogen-bond donors (Lipinski definition) is 0. The molecule has 1 aliphatic rings. The van der Waals surface area contributed by atoms with Crippen molar-refractivity contribution >= 4 is 17.1 Å².